The number of nitrogens with zero attached hydrogens (tertiary/aromatic N) is 1. The summed E-state index contributed by atoms with van der Waals surface area (Å²) in [4.78, 5) is 14.5. The highest BCUT2D eigenvalue weighted by Crippen LogP contribution is 2.26. The molecule has 0 spiro atoms. The van der Waals surface area contributed by atoms with Crippen molar-refractivity contribution in [2.45, 2.75) is 32.8 Å². The van der Waals surface area contributed by atoms with Crippen molar-refractivity contribution in [3.63, 3.8) is 0 Å². The van der Waals surface area contributed by atoms with Crippen molar-refractivity contribution in [3.05, 3.63) is 96.1 Å². The third-order valence-electron chi connectivity index (χ3n) is 6.44. The maximum atomic E-state index is 12.1. The van der Waals surface area contributed by atoms with Crippen LogP contribution in [0.15, 0.2) is 84.9 Å². The van der Waals surface area contributed by atoms with Gasteiger partial charge in [-0.15, -0.1) is 0 Å². The third-order valence-corrected chi connectivity index (χ3v) is 6.44. The lowest BCUT2D eigenvalue weighted by Gasteiger charge is -2.26. The molecule has 1 aliphatic heterocycles. The van der Waals surface area contributed by atoms with Gasteiger partial charge in [0, 0.05) is 32.7 Å². The topological polar surface area (TPSA) is 57.2 Å². The zero-order valence-electron chi connectivity index (χ0n) is 22.3. The minimum absolute atomic E-state index is 0.317. The summed E-state index contributed by atoms with van der Waals surface area (Å²) in [6.45, 7) is 7.89. The molecule has 0 aliphatic carbocycles. The van der Waals surface area contributed by atoms with Crippen LogP contribution >= 0.6 is 0 Å². The first-order chi connectivity index (χ1) is 18.6. The second-order valence-electron chi connectivity index (χ2n) is 9.11. The molecule has 6 heteroatoms. The van der Waals surface area contributed by atoms with Gasteiger partial charge in [-0.3, -0.25) is 4.90 Å². The van der Waals surface area contributed by atoms with E-state index < -0.39 is 6.10 Å². The second kappa shape index (κ2) is 14.4. The molecule has 0 saturated heterocycles. The summed E-state index contributed by atoms with van der Waals surface area (Å²) in [6.07, 6.45) is 3.22. The summed E-state index contributed by atoms with van der Waals surface area (Å²) < 4.78 is 22.6. The van der Waals surface area contributed by atoms with E-state index in [1.165, 1.54) is 11.1 Å². The Bertz CT molecular complexity index is 1160. The Kier molecular flexibility index (Phi) is 10.4. The summed E-state index contributed by atoms with van der Waals surface area (Å²) in [7, 11) is 0. The van der Waals surface area contributed by atoms with Crippen LogP contribution < -0.4 is 9.47 Å². The molecule has 0 radical (unpaired) electrons. The zero-order valence-corrected chi connectivity index (χ0v) is 22.3. The van der Waals surface area contributed by atoms with E-state index in [2.05, 4.69) is 23.1 Å². The Balaban J connectivity index is 1.20. The largest absolute Gasteiger partial charge is 0.492 e. The highest BCUT2D eigenvalue weighted by molar-refractivity contribution is 5.75. The quantitative estimate of drug-likeness (QED) is 0.254. The molecule has 1 unspecified atom stereocenters. The molecule has 0 saturated carbocycles. The van der Waals surface area contributed by atoms with Crippen molar-refractivity contribution in [1.29, 1.82) is 0 Å². The fourth-order valence-electron chi connectivity index (χ4n) is 4.41. The van der Waals surface area contributed by atoms with Crippen molar-refractivity contribution in [2.24, 2.45) is 0 Å². The van der Waals surface area contributed by atoms with Crippen molar-refractivity contribution < 1.29 is 23.7 Å². The average molecular weight is 516 g/mol. The van der Waals surface area contributed by atoms with E-state index in [4.69, 9.17) is 18.9 Å². The Morgan fingerprint density at radius 1 is 0.868 bits per heavy atom. The van der Waals surface area contributed by atoms with E-state index in [9.17, 15) is 4.79 Å². The molecule has 0 bridgehead atoms. The van der Waals surface area contributed by atoms with Crippen LogP contribution in [0.1, 0.15) is 31.4 Å². The molecule has 3 aromatic carbocycles. The van der Waals surface area contributed by atoms with Crippen molar-refractivity contribution in [3.8, 4) is 17.2 Å². The molecule has 38 heavy (non-hydrogen) atoms. The van der Waals surface area contributed by atoms with Gasteiger partial charge in [-0.25, -0.2) is 4.79 Å². The zero-order chi connectivity index (χ0) is 26.6. The van der Waals surface area contributed by atoms with E-state index in [0.717, 1.165) is 48.9 Å². The van der Waals surface area contributed by atoms with Crippen LogP contribution in [-0.4, -0.2) is 56.4 Å². The molecule has 4 rings (SSSR count). The lowest BCUT2D eigenvalue weighted by atomic mass is 9.99. The highest BCUT2D eigenvalue weighted by Gasteiger charge is 2.20. The fourth-order valence-corrected chi connectivity index (χ4v) is 4.41. The minimum atomic E-state index is -0.579. The Morgan fingerprint density at radius 3 is 2.24 bits per heavy atom. The molecule has 0 fully saturated rings. The normalized spacial score (nSPS) is 14.4. The standard InChI is InChI=1S/C32H37NO5/c1-3-35-31(32(34)36-4-2)24-25-10-14-28(15-11-25)37-23-22-33-20-18-27(19-21-33)26-12-16-30(17-13-26)38-29-8-6-5-7-9-29/h5-18,31H,3-4,19-24H2,1-2H3. The number of carbonyl (C=O) groups is 1. The van der Waals surface area contributed by atoms with Gasteiger partial charge in [0.1, 0.15) is 23.9 Å². The van der Waals surface area contributed by atoms with Crippen LogP contribution in [0.5, 0.6) is 17.2 Å². The number of benzene rings is 3. The molecular formula is C32H37NO5. The molecule has 6 nitrogen and oxygen atoms in total. The maximum Gasteiger partial charge on any atom is 0.335 e. The van der Waals surface area contributed by atoms with Crippen LogP contribution in [0, 0.1) is 0 Å². The van der Waals surface area contributed by atoms with Gasteiger partial charge in [0.15, 0.2) is 6.10 Å². The molecule has 200 valence electrons. The number of esters is 1. The molecular weight excluding hydrogens is 478 g/mol. The van der Waals surface area contributed by atoms with Crippen molar-refractivity contribution >= 4 is 11.5 Å². The number of rotatable bonds is 13. The molecule has 0 N–H and O–H groups in total. The van der Waals surface area contributed by atoms with Crippen LogP contribution in [0.3, 0.4) is 0 Å². The second-order valence-corrected chi connectivity index (χ2v) is 9.11. The van der Waals surface area contributed by atoms with Gasteiger partial charge in [0.05, 0.1) is 6.61 Å². The predicted octanol–water partition coefficient (Wildman–Crippen LogP) is 6.16. The summed E-state index contributed by atoms with van der Waals surface area (Å²) in [5.41, 5.74) is 3.63. The van der Waals surface area contributed by atoms with Gasteiger partial charge in [-0.2, -0.15) is 0 Å². The molecule has 1 atom stereocenters. The smallest absolute Gasteiger partial charge is 0.335 e. The average Bonchev–Trinajstić information content (AvgIpc) is 2.95. The summed E-state index contributed by atoms with van der Waals surface area (Å²) in [5.74, 6) is 2.19. The predicted molar refractivity (Wildman–Crippen MR) is 150 cm³/mol. The highest BCUT2D eigenvalue weighted by atomic mass is 16.6. The Hall–Kier alpha value is -3.61. The summed E-state index contributed by atoms with van der Waals surface area (Å²) in [6, 6.07) is 26.0. The van der Waals surface area contributed by atoms with E-state index in [1.807, 2.05) is 73.7 Å². The van der Waals surface area contributed by atoms with Gasteiger partial charge < -0.3 is 18.9 Å². The first kappa shape index (κ1) is 27.4. The number of hydrogen-bond acceptors (Lipinski definition) is 6. The van der Waals surface area contributed by atoms with Crippen LogP contribution in [0.4, 0.5) is 0 Å². The SMILES string of the molecule is CCOC(=O)C(Cc1ccc(OCCN2CC=C(c3ccc(Oc4ccccc4)cc3)CC2)cc1)OCC. The van der Waals surface area contributed by atoms with Crippen LogP contribution in [0.25, 0.3) is 5.57 Å². The van der Waals surface area contributed by atoms with Gasteiger partial charge in [0.25, 0.3) is 0 Å². The van der Waals surface area contributed by atoms with E-state index in [0.29, 0.717) is 26.2 Å². The molecule has 3 aromatic rings. The van der Waals surface area contributed by atoms with E-state index in [-0.39, 0.29) is 5.97 Å². The molecule has 0 aromatic heterocycles. The number of carbonyl (C=O) groups excluding carboxylic acids is 1. The molecule has 1 aliphatic rings. The summed E-state index contributed by atoms with van der Waals surface area (Å²) >= 11 is 0. The fraction of sp³-hybridized carbons (Fsp3) is 0.344. The van der Waals surface area contributed by atoms with E-state index >= 15 is 0 Å². The van der Waals surface area contributed by atoms with Crippen molar-refractivity contribution in [1.82, 2.24) is 4.90 Å². The van der Waals surface area contributed by atoms with Gasteiger partial charge in [-0.1, -0.05) is 48.5 Å². The lowest BCUT2D eigenvalue weighted by Crippen LogP contribution is -2.32. The lowest BCUT2D eigenvalue weighted by molar-refractivity contribution is -0.156. The monoisotopic (exact) mass is 515 g/mol. The van der Waals surface area contributed by atoms with Gasteiger partial charge in [-0.05, 0) is 73.4 Å². The summed E-state index contributed by atoms with van der Waals surface area (Å²) in [5, 5.41) is 0. The van der Waals surface area contributed by atoms with Gasteiger partial charge in [0.2, 0.25) is 0 Å². The Labute approximate surface area is 225 Å². The van der Waals surface area contributed by atoms with Crippen molar-refractivity contribution in [2.75, 3.05) is 39.5 Å². The van der Waals surface area contributed by atoms with Gasteiger partial charge >= 0.3 is 5.97 Å². The first-order valence-electron chi connectivity index (χ1n) is 13.4. The Morgan fingerprint density at radius 2 is 1.58 bits per heavy atom. The molecule has 1 heterocycles. The maximum absolute atomic E-state index is 12.1. The first-order valence-corrected chi connectivity index (χ1v) is 13.4. The number of ether oxygens (including phenoxy) is 4. The molecule has 0 amide bonds. The minimum Gasteiger partial charge on any atom is -0.492 e. The van der Waals surface area contributed by atoms with E-state index in [1.54, 1.807) is 6.92 Å². The van der Waals surface area contributed by atoms with Crippen LogP contribution in [0.2, 0.25) is 0 Å². The third kappa shape index (κ3) is 8.20. The number of hydrogen-bond donors (Lipinski definition) is 0. The number of para-hydroxylation sites is 1. The van der Waals surface area contributed by atoms with Crippen LogP contribution in [-0.2, 0) is 20.7 Å².